The molecule has 45 heavy (non-hydrogen) atoms. The van der Waals surface area contributed by atoms with Gasteiger partial charge in [0.05, 0.1) is 33.6 Å². The van der Waals surface area contributed by atoms with Crippen LogP contribution in [0.2, 0.25) is 0 Å². The van der Waals surface area contributed by atoms with Crippen LogP contribution >= 0.6 is 0 Å². The minimum Gasteiger partial charge on any atom is -0.321 e. The van der Waals surface area contributed by atoms with Gasteiger partial charge in [-0.1, -0.05) is 18.2 Å². The maximum absolute atomic E-state index is 13.7. The van der Waals surface area contributed by atoms with Gasteiger partial charge >= 0.3 is 0 Å². The molecule has 3 aromatic heterocycles. The molecule has 0 aliphatic carbocycles. The molecule has 0 unspecified atom stereocenters. The number of carbonyl (C=O) groups is 3. The fraction of sp³-hybridized carbons (Fsp3) is 0. The zero-order chi connectivity index (χ0) is 30.8. The molecule has 0 aliphatic rings. The van der Waals surface area contributed by atoms with Crippen LogP contribution in [0.1, 0.15) is 31.1 Å². The first kappa shape index (κ1) is 27.4. The first-order valence-electron chi connectivity index (χ1n) is 14.1. The zero-order valence-electron chi connectivity index (χ0n) is 23.7. The fourth-order valence-corrected chi connectivity index (χ4v) is 5.24. The lowest BCUT2D eigenvalue weighted by molar-refractivity contribution is 0.102. The molecule has 3 heterocycles. The summed E-state index contributed by atoms with van der Waals surface area (Å²) in [5, 5.41) is 11.0. The zero-order valence-corrected chi connectivity index (χ0v) is 23.7. The van der Waals surface area contributed by atoms with Crippen LogP contribution in [0.15, 0.2) is 128 Å². The molecule has 9 nitrogen and oxygen atoms in total. The number of pyridine rings is 3. The van der Waals surface area contributed by atoms with Gasteiger partial charge in [-0.2, -0.15) is 0 Å². The van der Waals surface area contributed by atoms with Crippen molar-refractivity contribution in [3.63, 3.8) is 0 Å². The summed E-state index contributed by atoms with van der Waals surface area (Å²) in [7, 11) is 0. The second kappa shape index (κ2) is 11.7. The molecule has 0 aliphatic heterocycles. The molecule has 7 rings (SSSR count). The number of rotatable bonds is 6. The van der Waals surface area contributed by atoms with Gasteiger partial charge in [-0.15, -0.1) is 0 Å². The average Bonchev–Trinajstić information content (AvgIpc) is 3.08. The van der Waals surface area contributed by atoms with Gasteiger partial charge in [-0.25, -0.2) is 0 Å². The van der Waals surface area contributed by atoms with Crippen LogP contribution in [-0.4, -0.2) is 32.7 Å². The lowest BCUT2D eigenvalue weighted by Crippen LogP contribution is -2.19. The molecular weight excluding hydrogens is 564 g/mol. The van der Waals surface area contributed by atoms with E-state index in [1.165, 1.54) is 18.2 Å². The first-order chi connectivity index (χ1) is 22.0. The van der Waals surface area contributed by atoms with E-state index < -0.39 is 17.7 Å². The number of fused-ring (bicyclic) bond motifs is 3. The topological polar surface area (TPSA) is 126 Å². The van der Waals surface area contributed by atoms with Crippen molar-refractivity contribution >= 4 is 67.5 Å². The quantitative estimate of drug-likeness (QED) is 0.190. The highest BCUT2D eigenvalue weighted by molar-refractivity contribution is 6.16. The molecule has 7 aromatic rings. The van der Waals surface area contributed by atoms with Gasteiger partial charge in [0, 0.05) is 51.4 Å². The van der Waals surface area contributed by atoms with E-state index >= 15 is 0 Å². The van der Waals surface area contributed by atoms with Gasteiger partial charge in [0.1, 0.15) is 0 Å². The molecule has 3 amide bonds. The second-order valence-electron chi connectivity index (χ2n) is 10.3. The van der Waals surface area contributed by atoms with E-state index in [1.807, 2.05) is 36.4 Å². The van der Waals surface area contributed by atoms with Gasteiger partial charge < -0.3 is 16.0 Å². The fourth-order valence-electron chi connectivity index (χ4n) is 5.24. The maximum atomic E-state index is 13.7. The Morgan fingerprint density at radius 2 is 0.711 bits per heavy atom. The van der Waals surface area contributed by atoms with Gasteiger partial charge in [-0.3, -0.25) is 29.3 Å². The Morgan fingerprint density at radius 1 is 0.400 bits per heavy atom. The molecule has 0 saturated carbocycles. The Bertz CT molecular complexity index is 2000. The molecule has 4 aromatic carbocycles. The Kier molecular flexibility index (Phi) is 7.09. The normalized spacial score (nSPS) is 10.9. The summed E-state index contributed by atoms with van der Waals surface area (Å²) in [6.07, 6.45) is 5.04. The van der Waals surface area contributed by atoms with Crippen LogP contribution < -0.4 is 16.0 Å². The van der Waals surface area contributed by atoms with Crippen molar-refractivity contribution in [2.24, 2.45) is 0 Å². The lowest BCUT2D eigenvalue weighted by Gasteiger charge is -2.13. The second-order valence-corrected chi connectivity index (χ2v) is 10.3. The van der Waals surface area contributed by atoms with Crippen molar-refractivity contribution in [2.75, 3.05) is 16.0 Å². The predicted molar refractivity (Wildman–Crippen MR) is 176 cm³/mol. The van der Waals surface area contributed by atoms with E-state index in [9.17, 15) is 14.4 Å². The molecule has 0 atom stereocenters. The monoisotopic (exact) mass is 588 g/mol. The number of hydrogen-bond donors (Lipinski definition) is 3. The SMILES string of the molecule is O=C(Nc1cccc2ncccc12)c1cc(C(=O)Nc2cccc3ncccc23)cc(C(=O)Nc2cccc3ncccc23)c1. The van der Waals surface area contributed by atoms with Crippen LogP contribution in [0.5, 0.6) is 0 Å². The Morgan fingerprint density at radius 3 is 1.02 bits per heavy atom. The number of carbonyl (C=O) groups excluding carboxylic acids is 3. The number of nitrogens with one attached hydrogen (secondary N) is 3. The smallest absolute Gasteiger partial charge is 0.255 e. The van der Waals surface area contributed by atoms with Crippen molar-refractivity contribution in [2.45, 2.75) is 0 Å². The Hall–Kier alpha value is -6.48. The summed E-state index contributed by atoms with van der Waals surface area (Å²) < 4.78 is 0. The standard InChI is InChI=1S/C36H24N6O3/c43-34(40-31-13-1-10-28-25(31)7-4-16-37-28)22-19-23(35(44)41-32-14-2-11-29-26(32)8-5-17-38-29)21-24(20-22)36(45)42-33-15-3-12-30-27(33)9-6-18-39-30/h1-21H,(H,40,43)(H,41,44)(H,42,45). The molecule has 0 saturated heterocycles. The van der Waals surface area contributed by atoms with Crippen molar-refractivity contribution in [3.05, 3.63) is 144 Å². The summed E-state index contributed by atoms with van der Waals surface area (Å²) in [4.78, 5) is 54.0. The van der Waals surface area contributed by atoms with E-state index in [4.69, 9.17) is 0 Å². The van der Waals surface area contributed by atoms with Gasteiger partial charge in [0.15, 0.2) is 0 Å². The van der Waals surface area contributed by atoms with Crippen LogP contribution in [0.25, 0.3) is 32.7 Å². The molecule has 9 heteroatoms. The van der Waals surface area contributed by atoms with Crippen molar-refractivity contribution in [1.29, 1.82) is 0 Å². The van der Waals surface area contributed by atoms with E-state index in [0.717, 1.165) is 32.7 Å². The van der Waals surface area contributed by atoms with Crippen LogP contribution in [0.3, 0.4) is 0 Å². The molecular formula is C36H24N6O3. The highest BCUT2D eigenvalue weighted by atomic mass is 16.2. The Balaban J connectivity index is 1.26. The van der Waals surface area contributed by atoms with Gasteiger partial charge in [0.2, 0.25) is 0 Å². The van der Waals surface area contributed by atoms with E-state index in [1.54, 1.807) is 73.2 Å². The number of anilines is 3. The van der Waals surface area contributed by atoms with Crippen LogP contribution in [-0.2, 0) is 0 Å². The molecule has 3 N–H and O–H groups in total. The highest BCUT2D eigenvalue weighted by Crippen LogP contribution is 2.26. The Labute approximate surface area is 257 Å². The largest absolute Gasteiger partial charge is 0.321 e. The molecule has 0 bridgehead atoms. The van der Waals surface area contributed by atoms with Crippen LogP contribution in [0, 0.1) is 0 Å². The summed E-state index contributed by atoms with van der Waals surface area (Å²) in [6.45, 7) is 0. The highest BCUT2D eigenvalue weighted by Gasteiger charge is 2.19. The summed E-state index contributed by atoms with van der Waals surface area (Å²) in [5.41, 5.74) is 4.22. The van der Waals surface area contributed by atoms with Crippen LogP contribution in [0.4, 0.5) is 17.1 Å². The number of amides is 3. The third-order valence-electron chi connectivity index (χ3n) is 7.40. The lowest BCUT2D eigenvalue weighted by atomic mass is 10.0. The number of benzene rings is 4. The average molecular weight is 589 g/mol. The van der Waals surface area contributed by atoms with E-state index in [0.29, 0.717) is 17.1 Å². The van der Waals surface area contributed by atoms with Gasteiger partial charge in [0.25, 0.3) is 17.7 Å². The van der Waals surface area contributed by atoms with E-state index in [-0.39, 0.29) is 16.7 Å². The summed E-state index contributed by atoms with van der Waals surface area (Å²) >= 11 is 0. The third kappa shape index (κ3) is 5.53. The predicted octanol–water partition coefficient (Wildman–Crippen LogP) is 7.09. The molecule has 0 spiro atoms. The number of aromatic nitrogens is 3. The molecule has 216 valence electrons. The van der Waals surface area contributed by atoms with Crippen molar-refractivity contribution < 1.29 is 14.4 Å². The maximum Gasteiger partial charge on any atom is 0.255 e. The number of nitrogens with zero attached hydrogens (tertiary/aromatic N) is 3. The minimum atomic E-state index is -0.487. The van der Waals surface area contributed by atoms with Gasteiger partial charge in [-0.05, 0) is 91.0 Å². The van der Waals surface area contributed by atoms with E-state index in [2.05, 4.69) is 30.9 Å². The third-order valence-corrected chi connectivity index (χ3v) is 7.40. The summed E-state index contributed by atoms with van der Waals surface area (Å²) in [5.74, 6) is -1.46. The minimum absolute atomic E-state index is 0.132. The first-order valence-corrected chi connectivity index (χ1v) is 14.1. The number of hydrogen-bond acceptors (Lipinski definition) is 6. The molecule has 0 radical (unpaired) electrons. The molecule has 0 fully saturated rings. The van der Waals surface area contributed by atoms with Crippen molar-refractivity contribution in [1.82, 2.24) is 15.0 Å². The summed E-state index contributed by atoms with van der Waals surface area (Å²) in [6, 6.07) is 31.6. The van der Waals surface area contributed by atoms with Crippen molar-refractivity contribution in [3.8, 4) is 0 Å².